The van der Waals surface area contributed by atoms with Gasteiger partial charge in [0.1, 0.15) is 5.82 Å². The fourth-order valence-corrected chi connectivity index (χ4v) is 2.46. The van der Waals surface area contributed by atoms with E-state index in [0.29, 0.717) is 12.8 Å². The molecule has 122 valence electrons. The summed E-state index contributed by atoms with van der Waals surface area (Å²) in [6.07, 6.45) is 2.71. The van der Waals surface area contributed by atoms with E-state index in [1.54, 1.807) is 12.1 Å². The number of halogens is 1. The molecule has 0 radical (unpaired) electrons. The molecule has 3 nitrogen and oxygen atoms in total. The van der Waals surface area contributed by atoms with Crippen molar-refractivity contribution in [1.29, 1.82) is 0 Å². The first-order chi connectivity index (χ1) is 11.1. The van der Waals surface area contributed by atoms with Gasteiger partial charge in [-0.2, -0.15) is 0 Å². The highest BCUT2D eigenvalue weighted by molar-refractivity contribution is 5.69. The second-order valence-corrected chi connectivity index (χ2v) is 5.61. The van der Waals surface area contributed by atoms with Gasteiger partial charge in [-0.15, -0.1) is 0 Å². The van der Waals surface area contributed by atoms with E-state index >= 15 is 0 Å². The summed E-state index contributed by atoms with van der Waals surface area (Å²) in [7, 11) is 1.40. The lowest BCUT2D eigenvalue weighted by Crippen LogP contribution is -2.13. The van der Waals surface area contributed by atoms with E-state index < -0.39 is 0 Å². The normalized spacial score (nSPS) is 12.0. The minimum Gasteiger partial charge on any atom is -0.469 e. The average molecular weight is 315 g/mol. The first-order valence-corrected chi connectivity index (χ1v) is 7.74. The highest BCUT2D eigenvalue weighted by atomic mass is 19.1. The van der Waals surface area contributed by atoms with Crippen LogP contribution >= 0.6 is 0 Å². The molecule has 4 heteroatoms. The number of esters is 1. The Hall–Kier alpha value is -2.20. The van der Waals surface area contributed by atoms with E-state index in [0.717, 1.165) is 24.0 Å². The maximum absolute atomic E-state index is 12.9. The lowest BCUT2D eigenvalue weighted by Gasteiger charge is -2.13. The third-order valence-corrected chi connectivity index (χ3v) is 3.85. The van der Waals surface area contributed by atoms with Gasteiger partial charge >= 0.3 is 5.97 Å². The van der Waals surface area contributed by atoms with Crippen molar-refractivity contribution in [2.75, 3.05) is 7.11 Å². The molecule has 2 rings (SSSR count). The fraction of sp³-hybridized carbons (Fsp3) is 0.316. The van der Waals surface area contributed by atoms with E-state index in [1.807, 2.05) is 24.3 Å². The van der Waals surface area contributed by atoms with Crippen molar-refractivity contribution in [1.82, 2.24) is 0 Å². The van der Waals surface area contributed by atoms with Crippen molar-refractivity contribution >= 4 is 5.97 Å². The maximum atomic E-state index is 12.9. The van der Waals surface area contributed by atoms with Crippen molar-refractivity contribution in [2.24, 2.45) is 5.73 Å². The standard InChI is InChI=1S/C19H22FNO2/c1-23-19(22)4-2-3-14-5-9-16(10-6-14)18(21)13-15-7-11-17(20)12-8-15/h5-12,18H,2-4,13,21H2,1H3. The Bertz CT molecular complexity index is 623. The Morgan fingerprint density at radius 1 is 1.09 bits per heavy atom. The number of rotatable bonds is 7. The van der Waals surface area contributed by atoms with Crippen LogP contribution in [0.2, 0.25) is 0 Å². The van der Waals surface area contributed by atoms with Crippen molar-refractivity contribution in [3.63, 3.8) is 0 Å². The summed E-state index contributed by atoms with van der Waals surface area (Å²) < 4.78 is 17.5. The minimum atomic E-state index is -0.237. The van der Waals surface area contributed by atoms with Crippen LogP contribution in [0.5, 0.6) is 0 Å². The predicted octanol–water partition coefficient (Wildman–Crippen LogP) is 3.56. The van der Waals surface area contributed by atoms with E-state index in [-0.39, 0.29) is 17.8 Å². The number of carbonyl (C=O) groups excluding carboxylic acids is 1. The van der Waals surface area contributed by atoms with Crippen LogP contribution < -0.4 is 5.73 Å². The zero-order valence-corrected chi connectivity index (χ0v) is 13.3. The number of benzene rings is 2. The summed E-state index contributed by atoms with van der Waals surface area (Å²) in [4.78, 5) is 11.1. The molecule has 2 aromatic carbocycles. The van der Waals surface area contributed by atoms with Crippen LogP contribution in [0, 0.1) is 5.82 Å². The Morgan fingerprint density at radius 3 is 2.30 bits per heavy atom. The first kappa shape index (κ1) is 17.2. The predicted molar refractivity (Wildman–Crippen MR) is 88.4 cm³/mol. The summed E-state index contributed by atoms with van der Waals surface area (Å²) in [5, 5.41) is 0. The monoisotopic (exact) mass is 315 g/mol. The highest BCUT2D eigenvalue weighted by Gasteiger charge is 2.08. The molecule has 1 atom stereocenters. The number of methoxy groups -OCH3 is 1. The second kappa shape index (κ2) is 8.44. The molecule has 0 saturated carbocycles. The Kier molecular flexibility index (Phi) is 6.29. The average Bonchev–Trinajstić information content (AvgIpc) is 2.57. The summed E-state index contributed by atoms with van der Waals surface area (Å²) in [5.74, 6) is -0.415. The molecule has 0 amide bonds. The SMILES string of the molecule is COC(=O)CCCc1ccc(C(N)Cc2ccc(F)cc2)cc1. The molecule has 0 heterocycles. The molecule has 0 aromatic heterocycles. The van der Waals surface area contributed by atoms with E-state index in [2.05, 4.69) is 4.74 Å². The van der Waals surface area contributed by atoms with Gasteiger partial charge in [-0.3, -0.25) is 4.79 Å². The van der Waals surface area contributed by atoms with Crippen LogP contribution in [0.25, 0.3) is 0 Å². The van der Waals surface area contributed by atoms with Crippen molar-refractivity contribution in [3.05, 3.63) is 71.0 Å². The smallest absolute Gasteiger partial charge is 0.305 e. The largest absolute Gasteiger partial charge is 0.469 e. The summed E-state index contributed by atoms with van der Waals surface area (Å²) in [6.45, 7) is 0. The van der Waals surface area contributed by atoms with Crippen LogP contribution in [0.3, 0.4) is 0 Å². The molecule has 0 aliphatic rings. The minimum absolute atomic E-state index is 0.121. The Morgan fingerprint density at radius 2 is 1.70 bits per heavy atom. The summed E-state index contributed by atoms with van der Waals surface area (Å²) in [5.41, 5.74) is 9.45. The van der Waals surface area contributed by atoms with Crippen LogP contribution in [0.4, 0.5) is 4.39 Å². The molecule has 2 N–H and O–H groups in total. The molecule has 0 spiro atoms. The molecule has 2 aromatic rings. The number of carbonyl (C=O) groups is 1. The van der Waals surface area contributed by atoms with Gasteiger partial charge in [-0.05, 0) is 48.1 Å². The fourth-order valence-electron chi connectivity index (χ4n) is 2.46. The molecule has 0 bridgehead atoms. The highest BCUT2D eigenvalue weighted by Crippen LogP contribution is 2.18. The Labute approximate surface area is 136 Å². The van der Waals surface area contributed by atoms with E-state index in [4.69, 9.17) is 5.73 Å². The van der Waals surface area contributed by atoms with Crippen LogP contribution in [-0.4, -0.2) is 13.1 Å². The molecule has 1 unspecified atom stereocenters. The number of ether oxygens (including phenoxy) is 1. The van der Waals surface area contributed by atoms with Gasteiger partial charge < -0.3 is 10.5 Å². The quantitative estimate of drug-likeness (QED) is 0.795. The molecular formula is C19H22FNO2. The van der Waals surface area contributed by atoms with Crippen molar-refractivity contribution < 1.29 is 13.9 Å². The maximum Gasteiger partial charge on any atom is 0.305 e. The lowest BCUT2D eigenvalue weighted by atomic mass is 9.97. The summed E-state index contributed by atoms with van der Waals surface area (Å²) in [6, 6.07) is 14.4. The number of hydrogen-bond donors (Lipinski definition) is 1. The molecule has 23 heavy (non-hydrogen) atoms. The van der Waals surface area contributed by atoms with E-state index in [9.17, 15) is 9.18 Å². The van der Waals surface area contributed by atoms with Crippen LogP contribution in [0.1, 0.15) is 35.6 Å². The first-order valence-electron chi connectivity index (χ1n) is 7.74. The molecule has 0 saturated heterocycles. The number of aryl methyl sites for hydroxylation is 1. The third kappa shape index (κ3) is 5.49. The van der Waals surface area contributed by atoms with Gasteiger partial charge in [-0.1, -0.05) is 36.4 Å². The second-order valence-electron chi connectivity index (χ2n) is 5.61. The van der Waals surface area contributed by atoms with Crippen molar-refractivity contribution in [2.45, 2.75) is 31.7 Å². The van der Waals surface area contributed by atoms with Gasteiger partial charge in [0.15, 0.2) is 0 Å². The van der Waals surface area contributed by atoms with Gasteiger partial charge in [0.05, 0.1) is 7.11 Å². The van der Waals surface area contributed by atoms with Crippen LogP contribution in [-0.2, 0) is 22.4 Å². The topological polar surface area (TPSA) is 52.3 Å². The zero-order valence-electron chi connectivity index (χ0n) is 13.3. The van der Waals surface area contributed by atoms with Crippen molar-refractivity contribution in [3.8, 4) is 0 Å². The van der Waals surface area contributed by atoms with Crippen LogP contribution in [0.15, 0.2) is 48.5 Å². The Balaban J connectivity index is 1.88. The van der Waals surface area contributed by atoms with E-state index in [1.165, 1.54) is 24.8 Å². The molecule has 0 aliphatic carbocycles. The summed E-state index contributed by atoms with van der Waals surface area (Å²) >= 11 is 0. The molecule has 0 aliphatic heterocycles. The number of nitrogens with two attached hydrogens (primary N) is 1. The van der Waals surface area contributed by atoms with Gasteiger partial charge in [0.25, 0.3) is 0 Å². The molecule has 0 fully saturated rings. The van der Waals surface area contributed by atoms with Gasteiger partial charge in [0.2, 0.25) is 0 Å². The zero-order chi connectivity index (χ0) is 16.7. The van der Waals surface area contributed by atoms with Gasteiger partial charge in [0, 0.05) is 12.5 Å². The number of hydrogen-bond acceptors (Lipinski definition) is 3. The lowest BCUT2D eigenvalue weighted by molar-refractivity contribution is -0.140. The third-order valence-electron chi connectivity index (χ3n) is 3.85. The van der Waals surface area contributed by atoms with Gasteiger partial charge in [-0.25, -0.2) is 4.39 Å². The molecular weight excluding hydrogens is 293 g/mol.